The van der Waals surface area contributed by atoms with Crippen LogP contribution in [0.2, 0.25) is 0 Å². The van der Waals surface area contributed by atoms with E-state index in [1.807, 2.05) is 6.07 Å². The molecule has 1 aromatic carbocycles. The topological polar surface area (TPSA) is 39.7 Å². The molecule has 1 aliphatic heterocycles. The lowest BCUT2D eigenvalue weighted by atomic mass is 10.1. The number of hydrogen-bond donors (Lipinski definition) is 1. The Morgan fingerprint density at radius 3 is 2.84 bits per heavy atom. The van der Waals surface area contributed by atoms with Gasteiger partial charge >= 0.3 is 0 Å². The minimum absolute atomic E-state index is 0.257. The molecule has 2 rings (SSSR count). The Balaban J connectivity index is 1.75. The third kappa shape index (κ3) is 4.11. The molecule has 0 radical (unpaired) electrons. The number of fused-ring (bicyclic) bond motifs is 1. The third-order valence-electron chi connectivity index (χ3n) is 3.46. The Labute approximate surface area is 115 Å². The van der Waals surface area contributed by atoms with E-state index >= 15 is 0 Å². The van der Waals surface area contributed by atoms with E-state index in [9.17, 15) is 0 Å². The van der Waals surface area contributed by atoms with Crippen LogP contribution in [-0.2, 0) is 11.2 Å². The first kappa shape index (κ1) is 14.2. The second-order valence-electron chi connectivity index (χ2n) is 5.08. The van der Waals surface area contributed by atoms with Crippen molar-refractivity contribution in [1.29, 1.82) is 0 Å². The van der Waals surface area contributed by atoms with Crippen molar-refractivity contribution in [1.82, 2.24) is 5.32 Å². The fourth-order valence-electron chi connectivity index (χ4n) is 2.03. The molecule has 0 aliphatic carbocycles. The second-order valence-corrected chi connectivity index (χ2v) is 5.08. The maximum absolute atomic E-state index is 5.39. The molecule has 0 aromatic heterocycles. The number of benzene rings is 1. The summed E-state index contributed by atoms with van der Waals surface area (Å²) >= 11 is 0. The molecule has 1 aromatic rings. The highest BCUT2D eigenvalue weighted by Gasteiger charge is 2.13. The summed E-state index contributed by atoms with van der Waals surface area (Å²) in [5.41, 5.74) is 1.29. The minimum atomic E-state index is 0.257. The highest BCUT2D eigenvalue weighted by atomic mass is 16.7. The first-order valence-corrected chi connectivity index (χ1v) is 6.83. The fraction of sp³-hybridized carbons (Fsp3) is 0.600. The van der Waals surface area contributed by atoms with E-state index in [0.29, 0.717) is 12.8 Å². The van der Waals surface area contributed by atoms with Crippen LogP contribution in [0.15, 0.2) is 18.2 Å². The van der Waals surface area contributed by atoms with E-state index < -0.39 is 0 Å². The van der Waals surface area contributed by atoms with Gasteiger partial charge in [0.05, 0.1) is 6.10 Å². The summed E-state index contributed by atoms with van der Waals surface area (Å²) in [5.74, 6) is 1.72. The van der Waals surface area contributed by atoms with Gasteiger partial charge in [0.1, 0.15) is 0 Å². The molecule has 4 nitrogen and oxygen atoms in total. The summed E-state index contributed by atoms with van der Waals surface area (Å²) in [6.07, 6.45) is 2.38. The fourth-order valence-corrected chi connectivity index (χ4v) is 2.03. The van der Waals surface area contributed by atoms with E-state index in [2.05, 4.69) is 31.3 Å². The van der Waals surface area contributed by atoms with E-state index in [1.165, 1.54) is 5.56 Å². The molecular formula is C15H23NO3. The van der Waals surface area contributed by atoms with Gasteiger partial charge in [-0.3, -0.25) is 0 Å². The zero-order chi connectivity index (χ0) is 13.7. The normalized spacial score (nSPS) is 16.4. The first-order chi connectivity index (χ1) is 9.19. The average molecular weight is 265 g/mol. The van der Waals surface area contributed by atoms with Gasteiger partial charge in [-0.15, -0.1) is 0 Å². The van der Waals surface area contributed by atoms with Crippen molar-refractivity contribution in [3.8, 4) is 11.5 Å². The van der Waals surface area contributed by atoms with Crippen molar-refractivity contribution in [3.05, 3.63) is 23.8 Å². The van der Waals surface area contributed by atoms with Crippen molar-refractivity contribution in [2.45, 2.75) is 38.8 Å². The summed E-state index contributed by atoms with van der Waals surface area (Å²) in [7, 11) is 1.74. The highest BCUT2D eigenvalue weighted by Crippen LogP contribution is 2.32. The molecule has 0 amide bonds. The molecule has 0 spiro atoms. The molecule has 2 atom stereocenters. The van der Waals surface area contributed by atoms with Crippen LogP contribution in [0.25, 0.3) is 0 Å². The SMILES string of the molecule is COC(C)CNC(C)CCc1ccc2c(c1)OCO2. The number of ether oxygens (including phenoxy) is 3. The van der Waals surface area contributed by atoms with Crippen molar-refractivity contribution in [2.75, 3.05) is 20.4 Å². The summed E-state index contributed by atoms with van der Waals surface area (Å²) in [6.45, 7) is 5.50. The molecule has 4 heteroatoms. The Morgan fingerprint density at radius 2 is 2.05 bits per heavy atom. The van der Waals surface area contributed by atoms with Gasteiger partial charge in [0.25, 0.3) is 0 Å². The standard InChI is InChI=1S/C15H23NO3/c1-11(16-9-12(2)17-3)4-5-13-6-7-14-15(8-13)19-10-18-14/h6-8,11-12,16H,4-5,9-10H2,1-3H3. The summed E-state index contributed by atoms with van der Waals surface area (Å²) in [6, 6.07) is 6.65. The molecule has 0 bridgehead atoms. The van der Waals surface area contributed by atoms with Gasteiger partial charge in [0.15, 0.2) is 11.5 Å². The van der Waals surface area contributed by atoms with Gasteiger partial charge in [-0.05, 0) is 44.4 Å². The number of nitrogens with one attached hydrogen (secondary N) is 1. The van der Waals surface area contributed by atoms with E-state index in [1.54, 1.807) is 7.11 Å². The van der Waals surface area contributed by atoms with Crippen LogP contribution in [0.4, 0.5) is 0 Å². The smallest absolute Gasteiger partial charge is 0.231 e. The Bertz CT molecular complexity index is 408. The second kappa shape index (κ2) is 6.78. The molecule has 106 valence electrons. The van der Waals surface area contributed by atoms with Crippen molar-refractivity contribution in [3.63, 3.8) is 0 Å². The summed E-state index contributed by atoms with van der Waals surface area (Å²) < 4.78 is 15.9. The van der Waals surface area contributed by atoms with Crippen LogP contribution in [-0.4, -0.2) is 32.6 Å². The lowest BCUT2D eigenvalue weighted by molar-refractivity contribution is 0.114. The molecule has 1 aliphatic rings. The Hall–Kier alpha value is -1.26. The van der Waals surface area contributed by atoms with Crippen molar-refractivity contribution < 1.29 is 14.2 Å². The average Bonchev–Trinajstić information content (AvgIpc) is 2.89. The highest BCUT2D eigenvalue weighted by molar-refractivity contribution is 5.44. The summed E-state index contributed by atoms with van der Waals surface area (Å²) in [4.78, 5) is 0. The number of aryl methyl sites for hydroxylation is 1. The van der Waals surface area contributed by atoms with Crippen LogP contribution in [0, 0.1) is 0 Å². The van der Waals surface area contributed by atoms with Crippen molar-refractivity contribution >= 4 is 0 Å². The first-order valence-electron chi connectivity index (χ1n) is 6.83. The van der Waals surface area contributed by atoms with Crippen LogP contribution >= 0.6 is 0 Å². The van der Waals surface area contributed by atoms with Gasteiger partial charge in [0.2, 0.25) is 6.79 Å². The van der Waals surface area contributed by atoms with Crippen LogP contribution < -0.4 is 14.8 Å². The van der Waals surface area contributed by atoms with Gasteiger partial charge in [-0.1, -0.05) is 6.07 Å². The molecule has 1 heterocycles. The molecule has 2 unspecified atom stereocenters. The molecule has 19 heavy (non-hydrogen) atoms. The Morgan fingerprint density at radius 1 is 1.26 bits per heavy atom. The zero-order valence-electron chi connectivity index (χ0n) is 11.9. The lowest BCUT2D eigenvalue weighted by Gasteiger charge is -2.17. The Kier molecular flexibility index (Phi) is 5.05. The predicted molar refractivity (Wildman–Crippen MR) is 74.8 cm³/mol. The molecule has 0 fully saturated rings. The molecule has 0 saturated heterocycles. The maximum Gasteiger partial charge on any atom is 0.231 e. The van der Waals surface area contributed by atoms with Crippen LogP contribution in [0.3, 0.4) is 0 Å². The quantitative estimate of drug-likeness (QED) is 0.821. The zero-order valence-corrected chi connectivity index (χ0v) is 11.9. The molecular weight excluding hydrogens is 242 g/mol. The number of methoxy groups -OCH3 is 1. The molecule has 0 saturated carbocycles. The van der Waals surface area contributed by atoms with E-state index in [0.717, 1.165) is 30.9 Å². The van der Waals surface area contributed by atoms with Gasteiger partial charge in [-0.2, -0.15) is 0 Å². The largest absolute Gasteiger partial charge is 0.454 e. The minimum Gasteiger partial charge on any atom is -0.454 e. The van der Waals surface area contributed by atoms with Gasteiger partial charge in [0, 0.05) is 19.7 Å². The lowest BCUT2D eigenvalue weighted by Crippen LogP contribution is -2.33. The monoisotopic (exact) mass is 265 g/mol. The van der Waals surface area contributed by atoms with Crippen molar-refractivity contribution in [2.24, 2.45) is 0 Å². The van der Waals surface area contributed by atoms with Gasteiger partial charge < -0.3 is 19.5 Å². The maximum atomic E-state index is 5.39. The predicted octanol–water partition coefficient (Wildman–Crippen LogP) is 2.36. The molecule has 1 N–H and O–H groups in total. The van der Waals surface area contributed by atoms with E-state index in [4.69, 9.17) is 14.2 Å². The third-order valence-corrected chi connectivity index (χ3v) is 3.46. The van der Waals surface area contributed by atoms with Crippen LogP contribution in [0.1, 0.15) is 25.8 Å². The number of hydrogen-bond acceptors (Lipinski definition) is 4. The number of rotatable bonds is 7. The van der Waals surface area contributed by atoms with E-state index in [-0.39, 0.29) is 6.10 Å². The summed E-state index contributed by atoms with van der Waals surface area (Å²) in [5, 5.41) is 3.47. The van der Waals surface area contributed by atoms with Crippen LogP contribution in [0.5, 0.6) is 11.5 Å². The van der Waals surface area contributed by atoms with Gasteiger partial charge in [-0.25, -0.2) is 0 Å².